The van der Waals surface area contributed by atoms with Crippen LogP contribution in [-0.4, -0.2) is 6.54 Å². The highest BCUT2D eigenvalue weighted by Crippen LogP contribution is 2.13. The maximum atomic E-state index is 9.68. The Morgan fingerprint density at radius 3 is 2.22 bits per heavy atom. The largest absolute Gasteiger partial charge is 0.151 e. The number of nitrogens with zero attached hydrogens (tertiary/aromatic N) is 1. The number of rotatable bonds is 4. The molecule has 0 N–H and O–H groups in total. The van der Waals surface area contributed by atoms with E-state index < -0.39 is 0 Å². The summed E-state index contributed by atoms with van der Waals surface area (Å²) in [6.45, 7) is 6.94. The quantitative estimate of drug-likeness (QED) is 0.536. The minimum atomic E-state index is 0.472. The summed E-state index contributed by atoms with van der Waals surface area (Å²) < 4.78 is 0. The van der Waals surface area contributed by atoms with Crippen molar-refractivity contribution in [1.82, 2.24) is 0 Å². The van der Waals surface area contributed by atoms with Gasteiger partial charge in [-0.2, -0.15) is 4.91 Å². The van der Waals surface area contributed by atoms with Crippen LogP contribution in [0, 0.1) is 16.7 Å². The summed E-state index contributed by atoms with van der Waals surface area (Å²) in [5.74, 6) is 1.30. The van der Waals surface area contributed by atoms with Gasteiger partial charge in [0.1, 0.15) is 0 Å². The molecule has 1 atom stereocenters. The molecule has 0 aliphatic rings. The van der Waals surface area contributed by atoms with Gasteiger partial charge in [0.25, 0.3) is 0 Å². The summed E-state index contributed by atoms with van der Waals surface area (Å²) in [5, 5.41) is 2.81. The molecule has 0 aliphatic heterocycles. The lowest BCUT2D eigenvalue weighted by Gasteiger charge is -2.11. The molecule has 2 nitrogen and oxygen atoms in total. The predicted octanol–water partition coefficient (Wildman–Crippen LogP) is 2.44. The Morgan fingerprint density at radius 1 is 1.33 bits per heavy atom. The van der Waals surface area contributed by atoms with Crippen LogP contribution < -0.4 is 0 Å². The average Bonchev–Trinajstić information content (AvgIpc) is 1.82. The molecule has 0 aromatic carbocycles. The number of nitroso groups, excluding NO2 is 1. The molecule has 0 bridgehead atoms. The fraction of sp³-hybridized carbons (Fsp3) is 1.00. The predicted molar refractivity (Wildman–Crippen MR) is 39.3 cm³/mol. The van der Waals surface area contributed by atoms with Crippen molar-refractivity contribution in [1.29, 1.82) is 0 Å². The summed E-state index contributed by atoms with van der Waals surface area (Å²) >= 11 is 0. The highest BCUT2D eigenvalue weighted by atomic mass is 16.3. The van der Waals surface area contributed by atoms with E-state index in [1.807, 2.05) is 0 Å². The molecule has 0 rings (SSSR count). The SMILES string of the molecule is CC(C)C(C)CCN=O. The number of hydrogen-bond acceptors (Lipinski definition) is 2. The highest BCUT2D eigenvalue weighted by molar-refractivity contribution is 4.57. The third-order valence-corrected chi connectivity index (χ3v) is 1.81. The molecule has 2 heteroatoms. The van der Waals surface area contributed by atoms with Crippen LogP contribution in [0.2, 0.25) is 0 Å². The van der Waals surface area contributed by atoms with Gasteiger partial charge in [-0.15, -0.1) is 0 Å². The van der Waals surface area contributed by atoms with Gasteiger partial charge in [-0.1, -0.05) is 25.9 Å². The molecule has 0 fully saturated rings. The van der Waals surface area contributed by atoms with Crippen LogP contribution in [0.4, 0.5) is 0 Å². The van der Waals surface area contributed by atoms with Crippen LogP contribution >= 0.6 is 0 Å². The molecule has 54 valence electrons. The van der Waals surface area contributed by atoms with Crippen LogP contribution in [0.15, 0.2) is 5.18 Å². The average molecular weight is 129 g/mol. The monoisotopic (exact) mass is 129 g/mol. The maximum absolute atomic E-state index is 9.68. The molecule has 9 heavy (non-hydrogen) atoms. The normalized spacial score (nSPS) is 13.8. The molecule has 0 saturated carbocycles. The second-order valence-corrected chi connectivity index (χ2v) is 2.86. The summed E-state index contributed by atoms with van der Waals surface area (Å²) in [5.41, 5.74) is 0. The van der Waals surface area contributed by atoms with Crippen LogP contribution in [0.3, 0.4) is 0 Å². The lowest BCUT2D eigenvalue weighted by Crippen LogP contribution is -2.04. The van der Waals surface area contributed by atoms with Crippen molar-refractivity contribution >= 4 is 0 Å². The van der Waals surface area contributed by atoms with Gasteiger partial charge in [-0.05, 0) is 18.3 Å². The van der Waals surface area contributed by atoms with Crippen molar-refractivity contribution in [3.8, 4) is 0 Å². The van der Waals surface area contributed by atoms with E-state index in [0.717, 1.165) is 6.42 Å². The molecule has 0 radical (unpaired) electrons. The first-order valence-electron chi connectivity index (χ1n) is 3.47. The summed E-state index contributed by atoms with van der Waals surface area (Å²) in [4.78, 5) is 9.68. The Balaban J connectivity index is 3.26. The van der Waals surface area contributed by atoms with Crippen LogP contribution in [0.1, 0.15) is 27.2 Å². The molecule has 1 unspecified atom stereocenters. The van der Waals surface area contributed by atoms with Crippen molar-refractivity contribution in [3.63, 3.8) is 0 Å². The first kappa shape index (κ1) is 8.60. The molecule has 0 aliphatic carbocycles. The summed E-state index contributed by atoms with van der Waals surface area (Å²) in [6.07, 6.45) is 0.932. The van der Waals surface area contributed by atoms with Crippen molar-refractivity contribution in [3.05, 3.63) is 4.91 Å². The minimum Gasteiger partial charge on any atom is -0.151 e. The van der Waals surface area contributed by atoms with Gasteiger partial charge in [-0.25, -0.2) is 0 Å². The lowest BCUT2D eigenvalue weighted by atomic mass is 9.95. The van der Waals surface area contributed by atoms with E-state index in [4.69, 9.17) is 0 Å². The Hall–Kier alpha value is -0.400. The van der Waals surface area contributed by atoms with E-state index in [2.05, 4.69) is 25.9 Å². The molecule has 0 aromatic heterocycles. The lowest BCUT2D eigenvalue weighted by molar-refractivity contribution is 0.397. The summed E-state index contributed by atoms with van der Waals surface area (Å²) in [7, 11) is 0. The van der Waals surface area contributed by atoms with Gasteiger partial charge in [0.2, 0.25) is 0 Å². The fourth-order valence-electron chi connectivity index (χ4n) is 0.590. The van der Waals surface area contributed by atoms with Crippen LogP contribution in [0.5, 0.6) is 0 Å². The maximum Gasteiger partial charge on any atom is 0.0813 e. The smallest absolute Gasteiger partial charge is 0.0813 e. The Bertz CT molecular complexity index is 81.0. The van der Waals surface area contributed by atoms with Gasteiger partial charge in [0, 0.05) is 0 Å². The molecule has 0 aromatic rings. The van der Waals surface area contributed by atoms with Crippen LogP contribution in [0.25, 0.3) is 0 Å². The van der Waals surface area contributed by atoms with E-state index in [1.165, 1.54) is 0 Å². The van der Waals surface area contributed by atoms with Crippen molar-refractivity contribution in [2.45, 2.75) is 27.2 Å². The Labute approximate surface area is 56.6 Å². The zero-order valence-corrected chi connectivity index (χ0v) is 6.42. The Kier molecular flexibility index (Phi) is 4.28. The third-order valence-electron chi connectivity index (χ3n) is 1.81. The van der Waals surface area contributed by atoms with E-state index >= 15 is 0 Å². The van der Waals surface area contributed by atoms with E-state index in [0.29, 0.717) is 18.4 Å². The topological polar surface area (TPSA) is 29.4 Å². The van der Waals surface area contributed by atoms with Gasteiger partial charge >= 0.3 is 0 Å². The van der Waals surface area contributed by atoms with Crippen molar-refractivity contribution in [2.24, 2.45) is 17.0 Å². The van der Waals surface area contributed by atoms with Gasteiger partial charge in [0.15, 0.2) is 0 Å². The Morgan fingerprint density at radius 2 is 1.89 bits per heavy atom. The fourth-order valence-corrected chi connectivity index (χ4v) is 0.590. The first-order chi connectivity index (χ1) is 4.18. The molecular formula is C7H15NO. The summed E-state index contributed by atoms with van der Waals surface area (Å²) in [6, 6.07) is 0. The standard InChI is InChI=1S/C7H15NO/c1-6(2)7(3)4-5-8-9/h6-7H,4-5H2,1-3H3. The van der Waals surface area contributed by atoms with Crippen molar-refractivity contribution < 1.29 is 0 Å². The molecule has 0 amide bonds. The minimum absolute atomic E-state index is 0.472. The molecule has 0 saturated heterocycles. The third kappa shape index (κ3) is 4.13. The van der Waals surface area contributed by atoms with E-state index in [9.17, 15) is 4.91 Å². The van der Waals surface area contributed by atoms with Crippen molar-refractivity contribution in [2.75, 3.05) is 6.54 Å². The molecule has 0 spiro atoms. The first-order valence-corrected chi connectivity index (χ1v) is 3.47. The van der Waals surface area contributed by atoms with E-state index in [1.54, 1.807) is 0 Å². The highest BCUT2D eigenvalue weighted by Gasteiger charge is 2.05. The van der Waals surface area contributed by atoms with Gasteiger partial charge in [-0.3, -0.25) is 0 Å². The van der Waals surface area contributed by atoms with Crippen LogP contribution in [-0.2, 0) is 0 Å². The van der Waals surface area contributed by atoms with Gasteiger partial charge in [0.05, 0.1) is 6.54 Å². The number of hydrogen-bond donors (Lipinski definition) is 0. The zero-order chi connectivity index (χ0) is 7.28. The molecular weight excluding hydrogens is 114 g/mol. The second kappa shape index (κ2) is 4.48. The van der Waals surface area contributed by atoms with Gasteiger partial charge < -0.3 is 0 Å². The zero-order valence-electron chi connectivity index (χ0n) is 6.42. The van der Waals surface area contributed by atoms with E-state index in [-0.39, 0.29) is 0 Å². The molecule has 0 heterocycles. The second-order valence-electron chi connectivity index (χ2n) is 2.86.